The summed E-state index contributed by atoms with van der Waals surface area (Å²) in [6.45, 7) is 3.86. The summed E-state index contributed by atoms with van der Waals surface area (Å²) < 4.78 is 4.98. The molecule has 5 heteroatoms. The Hall–Kier alpha value is -1.91. The van der Waals surface area contributed by atoms with Crippen molar-refractivity contribution >= 4 is 5.97 Å². The maximum Gasteiger partial charge on any atom is 0.306 e. The van der Waals surface area contributed by atoms with Crippen LogP contribution in [0.3, 0.4) is 0 Å². The highest BCUT2D eigenvalue weighted by atomic mass is 16.6. The molecule has 0 N–H and O–H groups in total. The smallest absolute Gasteiger partial charge is 0.306 e. The summed E-state index contributed by atoms with van der Waals surface area (Å²) in [5, 5.41) is 10.8. The molecular formula is C15H21NO4. The zero-order valence-corrected chi connectivity index (χ0v) is 12.0. The Bertz CT molecular complexity index is 433. The first-order chi connectivity index (χ1) is 9.58. The molecule has 0 saturated heterocycles. The quantitative estimate of drug-likeness (QED) is 0.416. The number of rotatable bonds is 8. The van der Waals surface area contributed by atoms with Crippen LogP contribution in [0.4, 0.5) is 0 Å². The fourth-order valence-electron chi connectivity index (χ4n) is 2.39. The first-order valence-electron chi connectivity index (χ1n) is 6.90. The molecule has 0 spiro atoms. The summed E-state index contributed by atoms with van der Waals surface area (Å²) in [5.74, 6) is -0.648. The van der Waals surface area contributed by atoms with E-state index in [4.69, 9.17) is 4.74 Å². The molecule has 0 saturated carbocycles. The third kappa shape index (κ3) is 4.99. The zero-order valence-electron chi connectivity index (χ0n) is 12.0. The van der Waals surface area contributed by atoms with Crippen LogP contribution < -0.4 is 0 Å². The molecule has 0 aromatic heterocycles. The van der Waals surface area contributed by atoms with E-state index in [0.29, 0.717) is 13.0 Å². The number of hydrogen-bond donors (Lipinski definition) is 0. The van der Waals surface area contributed by atoms with Gasteiger partial charge in [0.25, 0.3) is 0 Å². The van der Waals surface area contributed by atoms with Gasteiger partial charge in [0.05, 0.1) is 13.0 Å². The van der Waals surface area contributed by atoms with Crippen molar-refractivity contribution in [2.75, 3.05) is 13.2 Å². The number of nitro groups is 1. The zero-order chi connectivity index (χ0) is 15.0. The van der Waals surface area contributed by atoms with Gasteiger partial charge in [0, 0.05) is 16.8 Å². The Morgan fingerprint density at radius 2 is 1.95 bits per heavy atom. The molecule has 110 valence electrons. The highest BCUT2D eigenvalue weighted by Gasteiger charge is 2.28. The molecule has 0 aliphatic carbocycles. The molecule has 0 aliphatic heterocycles. The molecule has 0 aliphatic rings. The molecule has 5 nitrogen and oxygen atoms in total. The van der Waals surface area contributed by atoms with E-state index in [1.165, 1.54) is 0 Å². The van der Waals surface area contributed by atoms with Crippen LogP contribution in [0.25, 0.3) is 0 Å². The van der Waals surface area contributed by atoms with Gasteiger partial charge >= 0.3 is 5.97 Å². The van der Waals surface area contributed by atoms with Crippen molar-refractivity contribution in [3.8, 4) is 0 Å². The lowest BCUT2D eigenvalue weighted by Gasteiger charge is -2.23. The fraction of sp³-hybridized carbons (Fsp3) is 0.533. The number of benzene rings is 1. The average molecular weight is 279 g/mol. The van der Waals surface area contributed by atoms with E-state index in [1.807, 2.05) is 37.3 Å². The molecular weight excluding hydrogens is 258 g/mol. The van der Waals surface area contributed by atoms with Crippen molar-refractivity contribution in [2.24, 2.45) is 5.92 Å². The van der Waals surface area contributed by atoms with Gasteiger partial charge in [-0.05, 0) is 18.9 Å². The van der Waals surface area contributed by atoms with Crippen LogP contribution in [0.2, 0.25) is 0 Å². The molecule has 1 rings (SSSR count). The van der Waals surface area contributed by atoms with Crippen molar-refractivity contribution in [3.05, 3.63) is 46.0 Å². The Morgan fingerprint density at radius 3 is 2.45 bits per heavy atom. The number of hydrogen-bond acceptors (Lipinski definition) is 4. The molecule has 0 unspecified atom stereocenters. The highest BCUT2D eigenvalue weighted by molar-refractivity contribution is 5.70. The Labute approximate surface area is 119 Å². The summed E-state index contributed by atoms with van der Waals surface area (Å²) >= 11 is 0. The van der Waals surface area contributed by atoms with Crippen molar-refractivity contribution < 1.29 is 14.5 Å². The molecule has 20 heavy (non-hydrogen) atoms. The minimum atomic E-state index is -0.310. The largest absolute Gasteiger partial charge is 0.466 e. The maximum absolute atomic E-state index is 11.7. The standard InChI is InChI=1S/C15H21NO4/c1-3-12(11-16(18)19)14(10-15(17)20-4-2)13-8-6-5-7-9-13/h5-9,12,14H,3-4,10-11H2,1-2H3/t12-,14-/m0/s1. The van der Waals surface area contributed by atoms with E-state index in [2.05, 4.69) is 0 Å². The van der Waals surface area contributed by atoms with Gasteiger partial charge in [-0.25, -0.2) is 0 Å². The number of carbonyl (C=O) groups is 1. The topological polar surface area (TPSA) is 69.4 Å². The van der Waals surface area contributed by atoms with Crippen LogP contribution >= 0.6 is 0 Å². The molecule has 0 bridgehead atoms. The predicted molar refractivity (Wildman–Crippen MR) is 76.1 cm³/mol. The van der Waals surface area contributed by atoms with Gasteiger partial charge in [-0.15, -0.1) is 0 Å². The van der Waals surface area contributed by atoms with Gasteiger partial charge in [0.1, 0.15) is 0 Å². The summed E-state index contributed by atoms with van der Waals surface area (Å²) in [6.07, 6.45) is 0.837. The molecule has 0 heterocycles. The monoisotopic (exact) mass is 279 g/mol. The van der Waals surface area contributed by atoms with E-state index in [-0.39, 0.29) is 35.7 Å². The van der Waals surface area contributed by atoms with Crippen molar-refractivity contribution in [2.45, 2.75) is 32.6 Å². The minimum Gasteiger partial charge on any atom is -0.466 e. The van der Waals surface area contributed by atoms with Crippen molar-refractivity contribution in [1.29, 1.82) is 0 Å². The predicted octanol–water partition coefficient (Wildman–Crippen LogP) is 3.03. The second-order valence-corrected chi connectivity index (χ2v) is 4.71. The minimum absolute atomic E-state index is 0.129. The first kappa shape index (κ1) is 16.1. The third-order valence-electron chi connectivity index (χ3n) is 3.40. The maximum atomic E-state index is 11.7. The molecule has 1 aromatic rings. The highest BCUT2D eigenvalue weighted by Crippen LogP contribution is 2.31. The van der Waals surface area contributed by atoms with E-state index in [1.54, 1.807) is 6.92 Å². The van der Waals surface area contributed by atoms with Crippen LogP contribution in [0, 0.1) is 16.0 Å². The van der Waals surface area contributed by atoms with Crippen molar-refractivity contribution in [1.82, 2.24) is 0 Å². The summed E-state index contributed by atoms with van der Waals surface area (Å²) in [7, 11) is 0. The van der Waals surface area contributed by atoms with E-state index < -0.39 is 0 Å². The number of ether oxygens (including phenoxy) is 1. The van der Waals surface area contributed by atoms with Gasteiger partial charge in [-0.2, -0.15) is 0 Å². The van der Waals surface area contributed by atoms with Gasteiger partial charge < -0.3 is 4.74 Å². The Balaban J connectivity index is 2.93. The number of nitrogens with zero attached hydrogens (tertiary/aromatic N) is 1. The molecule has 0 radical (unpaired) electrons. The SMILES string of the molecule is CCOC(=O)C[C@H](c1ccccc1)[C@@H](CC)C[N+](=O)[O-]. The molecule has 1 aromatic carbocycles. The first-order valence-corrected chi connectivity index (χ1v) is 6.90. The summed E-state index contributed by atoms with van der Waals surface area (Å²) in [6, 6.07) is 9.47. The van der Waals surface area contributed by atoms with E-state index in [0.717, 1.165) is 5.56 Å². The number of carbonyl (C=O) groups excluding carboxylic acids is 1. The lowest BCUT2D eigenvalue weighted by Crippen LogP contribution is -2.24. The molecule has 0 fully saturated rings. The number of esters is 1. The van der Waals surface area contributed by atoms with Crippen LogP contribution in [-0.2, 0) is 9.53 Å². The normalized spacial score (nSPS) is 13.5. The lowest BCUT2D eigenvalue weighted by molar-refractivity contribution is -0.489. The van der Waals surface area contributed by atoms with Gasteiger partial charge in [-0.3, -0.25) is 14.9 Å². The summed E-state index contributed by atoms with van der Waals surface area (Å²) in [5.41, 5.74) is 0.953. The Kier molecular flexibility index (Phi) is 6.70. The van der Waals surface area contributed by atoms with Gasteiger partial charge in [0.15, 0.2) is 0 Å². The second kappa shape index (κ2) is 8.30. The van der Waals surface area contributed by atoms with Crippen LogP contribution in [0.15, 0.2) is 30.3 Å². The molecule has 2 atom stereocenters. The van der Waals surface area contributed by atoms with Crippen molar-refractivity contribution in [3.63, 3.8) is 0 Å². The second-order valence-electron chi connectivity index (χ2n) is 4.71. The van der Waals surface area contributed by atoms with E-state index >= 15 is 0 Å². The van der Waals surface area contributed by atoms with Crippen LogP contribution in [-0.4, -0.2) is 24.0 Å². The molecule has 0 amide bonds. The van der Waals surface area contributed by atoms with Gasteiger partial charge in [-0.1, -0.05) is 37.3 Å². The van der Waals surface area contributed by atoms with E-state index in [9.17, 15) is 14.9 Å². The average Bonchev–Trinajstić information content (AvgIpc) is 2.43. The fourth-order valence-corrected chi connectivity index (χ4v) is 2.39. The Morgan fingerprint density at radius 1 is 1.30 bits per heavy atom. The van der Waals surface area contributed by atoms with Crippen LogP contribution in [0.1, 0.15) is 38.2 Å². The third-order valence-corrected chi connectivity index (χ3v) is 3.40. The van der Waals surface area contributed by atoms with Gasteiger partial charge in [0.2, 0.25) is 6.54 Å². The van der Waals surface area contributed by atoms with Crippen LogP contribution in [0.5, 0.6) is 0 Å². The lowest BCUT2D eigenvalue weighted by atomic mass is 9.82. The summed E-state index contributed by atoms with van der Waals surface area (Å²) in [4.78, 5) is 22.2.